The van der Waals surface area contributed by atoms with Crippen molar-refractivity contribution in [2.75, 3.05) is 13.2 Å². The molecule has 12 heteroatoms. The normalized spacial score (nSPS) is 22.0. The average Bonchev–Trinajstić information content (AvgIpc) is 3.11. The molecular formula is C25H33N5O7. The second-order valence-corrected chi connectivity index (χ2v) is 9.65. The number of carboxylic acid groups (broad SMARTS) is 1. The molecule has 0 bridgehead atoms. The minimum absolute atomic E-state index is 0.166. The number of carbonyl (C=O) groups excluding carboxylic acids is 3. The van der Waals surface area contributed by atoms with Gasteiger partial charge in [-0.1, -0.05) is 12.5 Å². The number of amides is 4. The maximum Gasteiger partial charge on any atom is 0.404 e. The molecule has 2 fully saturated rings. The van der Waals surface area contributed by atoms with E-state index in [1.807, 2.05) is 18.2 Å². The Hall–Kier alpha value is -3.67. The Morgan fingerprint density at radius 3 is 2.62 bits per heavy atom. The van der Waals surface area contributed by atoms with Crippen LogP contribution in [0.5, 0.6) is 0 Å². The van der Waals surface area contributed by atoms with E-state index in [1.54, 1.807) is 7.05 Å². The number of rotatable bonds is 9. The number of nitrogens with one attached hydrogen (secondary N) is 3. The number of nitrogens with zero attached hydrogens (tertiary/aromatic N) is 2. The van der Waals surface area contributed by atoms with Gasteiger partial charge < -0.3 is 20.5 Å². The summed E-state index contributed by atoms with van der Waals surface area (Å²) in [4.78, 5) is 59.7. The Labute approximate surface area is 213 Å². The number of hydrogen-bond donors (Lipinski definition) is 4. The number of carbonyl (C=O) groups is 4. The Kier molecular flexibility index (Phi) is 8.27. The van der Waals surface area contributed by atoms with Crippen molar-refractivity contribution in [1.29, 1.82) is 0 Å². The Morgan fingerprint density at radius 1 is 1.11 bits per heavy atom. The van der Waals surface area contributed by atoms with Crippen LogP contribution in [0.15, 0.2) is 23.0 Å². The van der Waals surface area contributed by atoms with Crippen molar-refractivity contribution in [3.8, 4) is 0 Å². The molecule has 1 aromatic heterocycles. The summed E-state index contributed by atoms with van der Waals surface area (Å²) in [6.07, 6.45) is 3.36. The standard InChI is InChI=1S/C25H33N5O7/c1-29-19-13-15(6-8-17(19)30(25(29)36)18-9-11-21(31)28-22(18)32)5-3-2-4-12-26-23(33)20-10-7-16(14-37-20)27-24(34)35/h6,8,13,16,18,20,27H,2-5,7,9-12,14H2,1H3,(H,26,33)(H,34,35)(H,28,31,32)/t16-,18?,20+/m1/s1. The van der Waals surface area contributed by atoms with Gasteiger partial charge in [0.1, 0.15) is 12.1 Å². The number of ether oxygens (including phenoxy) is 1. The fourth-order valence-electron chi connectivity index (χ4n) is 5.00. The van der Waals surface area contributed by atoms with Gasteiger partial charge >= 0.3 is 11.8 Å². The van der Waals surface area contributed by atoms with Crippen LogP contribution in [0.3, 0.4) is 0 Å². The smallest absolute Gasteiger partial charge is 0.404 e. The van der Waals surface area contributed by atoms with Crippen LogP contribution in [-0.4, -0.2) is 63.4 Å². The molecule has 2 aliphatic heterocycles. The third-order valence-corrected chi connectivity index (χ3v) is 7.01. The van der Waals surface area contributed by atoms with Crippen LogP contribution in [0.1, 0.15) is 56.6 Å². The van der Waals surface area contributed by atoms with E-state index < -0.39 is 24.1 Å². The Bertz CT molecular complexity index is 1240. The topological polar surface area (TPSA) is 161 Å². The first-order chi connectivity index (χ1) is 17.7. The largest absolute Gasteiger partial charge is 0.465 e. The summed E-state index contributed by atoms with van der Waals surface area (Å²) < 4.78 is 8.50. The van der Waals surface area contributed by atoms with Gasteiger partial charge in [-0.15, -0.1) is 0 Å². The van der Waals surface area contributed by atoms with Crippen molar-refractivity contribution >= 4 is 34.8 Å². The third-order valence-electron chi connectivity index (χ3n) is 7.01. The molecular weight excluding hydrogens is 482 g/mol. The van der Waals surface area contributed by atoms with Gasteiger partial charge in [0.25, 0.3) is 0 Å². The summed E-state index contributed by atoms with van der Waals surface area (Å²) in [5.74, 6) is -0.931. The molecule has 12 nitrogen and oxygen atoms in total. The molecule has 0 aliphatic carbocycles. The summed E-state index contributed by atoms with van der Waals surface area (Å²) in [6, 6.07) is 4.81. The molecule has 0 saturated carbocycles. The number of aryl methyl sites for hydroxylation is 2. The number of aromatic nitrogens is 2. The average molecular weight is 516 g/mol. The number of imidazole rings is 1. The zero-order valence-electron chi connectivity index (χ0n) is 20.8. The van der Waals surface area contributed by atoms with E-state index in [0.717, 1.165) is 36.8 Å². The number of imide groups is 1. The zero-order chi connectivity index (χ0) is 26.5. The maximum absolute atomic E-state index is 12.9. The molecule has 4 rings (SSSR count). The van der Waals surface area contributed by atoms with E-state index in [1.165, 1.54) is 9.13 Å². The van der Waals surface area contributed by atoms with Crippen LogP contribution in [0.2, 0.25) is 0 Å². The minimum atomic E-state index is -1.09. The summed E-state index contributed by atoms with van der Waals surface area (Å²) in [7, 11) is 1.68. The molecule has 37 heavy (non-hydrogen) atoms. The molecule has 3 atom stereocenters. The van der Waals surface area contributed by atoms with Gasteiger partial charge in [-0.2, -0.15) is 0 Å². The lowest BCUT2D eigenvalue weighted by Crippen LogP contribution is -2.47. The van der Waals surface area contributed by atoms with Crippen LogP contribution in [0, 0.1) is 0 Å². The highest BCUT2D eigenvalue weighted by molar-refractivity contribution is 6.00. The fourth-order valence-corrected chi connectivity index (χ4v) is 5.00. The highest BCUT2D eigenvalue weighted by Crippen LogP contribution is 2.24. The number of fused-ring (bicyclic) bond motifs is 1. The van der Waals surface area contributed by atoms with Crippen molar-refractivity contribution in [2.24, 2.45) is 7.05 Å². The highest BCUT2D eigenvalue weighted by Gasteiger charge is 2.31. The second-order valence-electron chi connectivity index (χ2n) is 9.65. The monoisotopic (exact) mass is 515 g/mol. The first-order valence-corrected chi connectivity index (χ1v) is 12.7. The van der Waals surface area contributed by atoms with Crippen LogP contribution in [0.4, 0.5) is 4.79 Å². The maximum atomic E-state index is 12.9. The van der Waals surface area contributed by atoms with Gasteiger partial charge in [0.05, 0.1) is 23.7 Å². The van der Waals surface area contributed by atoms with Crippen molar-refractivity contribution < 1.29 is 29.0 Å². The van der Waals surface area contributed by atoms with E-state index in [2.05, 4.69) is 16.0 Å². The first-order valence-electron chi connectivity index (χ1n) is 12.7. The molecule has 3 heterocycles. The molecule has 2 aliphatic rings. The number of unbranched alkanes of at least 4 members (excludes halogenated alkanes) is 2. The lowest BCUT2D eigenvalue weighted by Gasteiger charge is -2.28. The summed E-state index contributed by atoms with van der Waals surface area (Å²) >= 11 is 0. The van der Waals surface area contributed by atoms with E-state index in [4.69, 9.17) is 9.84 Å². The molecule has 200 valence electrons. The summed E-state index contributed by atoms with van der Waals surface area (Å²) in [6.45, 7) is 0.731. The van der Waals surface area contributed by atoms with Gasteiger partial charge in [0, 0.05) is 20.0 Å². The van der Waals surface area contributed by atoms with Crippen molar-refractivity contribution in [1.82, 2.24) is 25.1 Å². The van der Waals surface area contributed by atoms with Gasteiger partial charge in [-0.25, -0.2) is 9.59 Å². The van der Waals surface area contributed by atoms with E-state index in [-0.39, 0.29) is 36.6 Å². The van der Waals surface area contributed by atoms with Crippen LogP contribution in [-0.2, 0) is 32.6 Å². The van der Waals surface area contributed by atoms with Crippen molar-refractivity contribution in [3.63, 3.8) is 0 Å². The summed E-state index contributed by atoms with van der Waals surface area (Å²) in [5.41, 5.74) is 2.21. The SMILES string of the molecule is Cn1c(=O)n(C2CCC(=O)NC2=O)c2ccc(CCCCCNC(=O)[C@@H]3CC[C@@H](NC(=O)O)CO3)cc21. The first kappa shape index (κ1) is 26.4. The van der Waals surface area contributed by atoms with Crippen LogP contribution >= 0.6 is 0 Å². The predicted molar refractivity (Wildman–Crippen MR) is 133 cm³/mol. The van der Waals surface area contributed by atoms with Crippen molar-refractivity contribution in [3.05, 3.63) is 34.2 Å². The molecule has 0 radical (unpaired) electrons. The van der Waals surface area contributed by atoms with Gasteiger partial charge in [-0.3, -0.25) is 28.8 Å². The lowest BCUT2D eigenvalue weighted by atomic mass is 10.0. The van der Waals surface area contributed by atoms with E-state index >= 15 is 0 Å². The minimum Gasteiger partial charge on any atom is -0.465 e. The lowest BCUT2D eigenvalue weighted by molar-refractivity contribution is -0.137. The Morgan fingerprint density at radius 2 is 1.92 bits per heavy atom. The second kappa shape index (κ2) is 11.6. The molecule has 2 aromatic rings. The molecule has 0 spiro atoms. The molecule has 4 amide bonds. The predicted octanol–water partition coefficient (Wildman–Crippen LogP) is 0.962. The Balaban J connectivity index is 1.23. The molecule has 1 aromatic carbocycles. The molecule has 4 N–H and O–H groups in total. The quantitative estimate of drug-likeness (QED) is 0.286. The van der Waals surface area contributed by atoms with Crippen LogP contribution < -0.4 is 21.6 Å². The third kappa shape index (κ3) is 6.19. The molecule has 1 unspecified atom stereocenters. The fraction of sp³-hybridized carbons (Fsp3) is 0.560. The highest BCUT2D eigenvalue weighted by atomic mass is 16.5. The van der Waals surface area contributed by atoms with E-state index in [9.17, 15) is 24.0 Å². The van der Waals surface area contributed by atoms with Gasteiger partial charge in [0.2, 0.25) is 17.7 Å². The summed E-state index contributed by atoms with van der Waals surface area (Å²) in [5, 5.41) is 16.3. The molecule has 2 saturated heterocycles. The van der Waals surface area contributed by atoms with Gasteiger partial charge in [-0.05, 0) is 56.2 Å². The van der Waals surface area contributed by atoms with E-state index in [0.29, 0.717) is 31.3 Å². The number of piperidine rings is 1. The number of hydrogen-bond acceptors (Lipinski definition) is 6. The number of benzene rings is 1. The van der Waals surface area contributed by atoms with Crippen molar-refractivity contribution in [2.45, 2.75) is 69.6 Å². The zero-order valence-corrected chi connectivity index (χ0v) is 20.8. The van der Waals surface area contributed by atoms with Gasteiger partial charge in [0.15, 0.2) is 0 Å². The van der Waals surface area contributed by atoms with Crippen LogP contribution in [0.25, 0.3) is 11.0 Å².